The van der Waals surface area contributed by atoms with E-state index in [1.165, 1.54) is 12.1 Å². The van der Waals surface area contributed by atoms with Gasteiger partial charge in [0.2, 0.25) is 0 Å². The quantitative estimate of drug-likeness (QED) is 0.718. The molecule has 66 valence electrons. The third-order valence-corrected chi connectivity index (χ3v) is 2.16. The standard InChI is InChI=1S/C10H14FN/c1-7(8(2)12)9-4-3-5-10(11)6-9/h3-8H,12H2,1-2H3. The van der Waals surface area contributed by atoms with Gasteiger partial charge in [0.05, 0.1) is 0 Å². The summed E-state index contributed by atoms with van der Waals surface area (Å²) in [5, 5.41) is 0. The third kappa shape index (κ3) is 2.05. The largest absolute Gasteiger partial charge is 0.327 e. The first-order chi connectivity index (χ1) is 5.61. The maximum atomic E-state index is 12.8. The molecule has 1 aromatic rings. The zero-order valence-corrected chi connectivity index (χ0v) is 7.42. The van der Waals surface area contributed by atoms with E-state index in [1.54, 1.807) is 6.07 Å². The summed E-state index contributed by atoms with van der Waals surface area (Å²) in [5.74, 6) is 0.0145. The van der Waals surface area contributed by atoms with Crippen LogP contribution >= 0.6 is 0 Å². The van der Waals surface area contributed by atoms with E-state index in [-0.39, 0.29) is 17.8 Å². The summed E-state index contributed by atoms with van der Waals surface area (Å²) in [5.41, 5.74) is 6.66. The molecular weight excluding hydrogens is 153 g/mol. The Morgan fingerprint density at radius 3 is 2.50 bits per heavy atom. The summed E-state index contributed by atoms with van der Waals surface area (Å²) >= 11 is 0. The van der Waals surface area contributed by atoms with Crippen LogP contribution in [0.5, 0.6) is 0 Å². The van der Waals surface area contributed by atoms with Crippen LogP contribution in [0.15, 0.2) is 24.3 Å². The predicted octanol–water partition coefficient (Wildman–Crippen LogP) is 2.28. The van der Waals surface area contributed by atoms with E-state index in [0.29, 0.717) is 0 Å². The van der Waals surface area contributed by atoms with E-state index in [0.717, 1.165) is 5.56 Å². The van der Waals surface area contributed by atoms with Crippen LogP contribution in [0.4, 0.5) is 4.39 Å². The molecule has 0 radical (unpaired) electrons. The highest BCUT2D eigenvalue weighted by atomic mass is 19.1. The van der Waals surface area contributed by atoms with Gasteiger partial charge in [0.1, 0.15) is 5.82 Å². The van der Waals surface area contributed by atoms with Gasteiger partial charge in [-0.25, -0.2) is 4.39 Å². The highest BCUT2D eigenvalue weighted by molar-refractivity contribution is 5.21. The lowest BCUT2D eigenvalue weighted by atomic mass is 9.95. The Balaban J connectivity index is 2.88. The van der Waals surface area contributed by atoms with Crippen molar-refractivity contribution in [2.45, 2.75) is 25.8 Å². The van der Waals surface area contributed by atoms with Crippen molar-refractivity contribution < 1.29 is 4.39 Å². The second kappa shape index (κ2) is 3.68. The first-order valence-corrected chi connectivity index (χ1v) is 4.12. The fourth-order valence-corrected chi connectivity index (χ4v) is 1.09. The molecule has 0 aromatic heterocycles. The zero-order chi connectivity index (χ0) is 9.14. The van der Waals surface area contributed by atoms with Gasteiger partial charge in [0, 0.05) is 6.04 Å². The SMILES string of the molecule is CC(N)C(C)c1cccc(F)c1. The second-order valence-corrected chi connectivity index (χ2v) is 3.20. The highest BCUT2D eigenvalue weighted by Gasteiger charge is 2.09. The molecular formula is C10H14FN. The molecule has 0 saturated carbocycles. The molecule has 2 unspecified atom stereocenters. The number of halogens is 1. The number of hydrogen-bond acceptors (Lipinski definition) is 1. The topological polar surface area (TPSA) is 26.0 Å². The monoisotopic (exact) mass is 167 g/mol. The molecule has 0 heterocycles. The van der Waals surface area contributed by atoms with Gasteiger partial charge < -0.3 is 5.73 Å². The zero-order valence-electron chi connectivity index (χ0n) is 7.42. The number of hydrogen-bond donors (Lipinski definition) is 1. The van der Waals surface area contributed by atoms with E-state index in [4.69, 9.17) is 5.73 Å². The van der Waals surface area contributed by atoms with Crippen LogP contribution < -0.4 is 5.73 Å². The average molecular weight is 167 g/mol. The molecule has 0 fully saturated rings. The van der Waals surface area contributed by atoms with Crippen molar-refractivity contribution in [1.82, 2.24) is 0 Å². The molecule has 2 atom stereocenters. The summed E-state index contributed by atoms with van der Waals surface area (Å²) < 4.78 is 12.8. The molecule has 1 nitrogen and oxygen atoms in total. The fourth-order valence-electron chi connectivity index (χ4n) is 1.09. The molecule has 1 rings (SSSR count). The van der Waals surface area contributed by atoms with Gasteiger partial charge in [-0.05, 0) is 30.5 Å². The predicted molar refractivity (Wildman–Crippen MR) is 48.5 cm³/mol. The number of nitrogens with two attached hydrogens (primary N) is 1. The van der Waals surface area contributed by atoms with Crippen molar-refractivity contribution in [2.24, 2.45) is 5.73 Å². The van der Waals surface area contributed by atoms with Gasteiger partial charge in [0.15, 0.2) is 0 Å². The molecule has 0 spiro atoms. The minimum atomic E-state index is -0.194. The second-order valence-electron chi connectivity index (χ2n) is 3.20. The van der Waals surface area contributed by atoms with Crippen LogP contribution in [-0.2, 0) is 0 Å². The Kier molecular flexibility index (Phi) is 2.82. The Hall–Kier alpha value is -0.890. The van der Waals surface area contributed by atoms with Crippen LogP contribution in [0.1, 0.15) is 25.3 Å². The van der Waals surface area contributed by atoms with E-state index in [2.05, 4.69) is 0 Å². The maximum absolute atomic E-state index is 12.8. The van der Waals surface area contributed by atoms with Gasteiger partial charge in [0.25, 0.3) is 0 Å². The van der Waals surface area contributed by atoms with Gasteiger partial charge >= 0.3 is 0 Å². The molecule has 0 aliphatic heterocycles. The van der Waals surface area contributed by atoms with E-state index >= 15 is 0 Å². The van der Waals surface area contributed by atoms with Crippen molar-refractivity contribution in [2.75, 3.05) is 0 Å². The molecule has 0 bridgehead atoms. The fraction of sp³-hybridized carbons (Fsp3) is 0.400. The normalized spacial score (nSPS) is 15.7. The molecule has 0 saturated heterocycles. The molecule has 2 heteroatoms. The molecule has 12 heavy (non-hydrogen) atoms. The highest BCUT2D eigenvalue weighted by Crippen LogP contribution is 2.18. The van der Waals surface area contributed by atoms with Gasteiger partial charge in [-0.15, -0.1) is 0 Å². The van der Waals surface area contributed by atoms with Gasteiger partial charge in [-0.2, -0.15) is 0 Å². The summed E-state index contributed by atoms with van der Waals surface area (Å²) in [6.45, 7) is 3.93. The molecule has 0 aliphatic rings. The summed E-state index contributed by atoms with van der Waals surface area (Å²) in [6, 6.07) is 6.65. The van der Waals surface area contributed by atoms with Crippen molar-refractivity contribution >= 4 is 0 Å². The van der Waals surface area contributed by atoms with E-state index in [9.17, 15) is 4.39 Å². The lowest BCUT2D eigenvalue weighted by Gasteiger charge is -2.15. The Morgan fingerprint density at radius 2 is 2.00 bits per heavy atom. The maximum Gasteiger partial charge on any atom is 0.123 e. The molecule has 2 N–H and O–H groups in total. The molecule has 0 aliphatic carbocycles. The number of rotatable bonds is 2. The third-order valence-electron chi connectivity index (χ3n) is 2.16. The Morgan fingerprint density at radius 1 is 1.33 bits per heavy atom. The van der Waals surface area contributed by atoms with Crippen LogP contribution in [0.2, 0.25) is 0 Å². The van der Waals surface area contributed by atoms with E-state index < -0.39 is 0 Å². The van der Waals surface area contributed by atoms with Crippen molar-refractivity contribution in [3.05, 3.63) is 35.6 Å². The lowest BCUT2D eigenvalue weighted by molar-refractivity contribution is 0.594. The van der Waals surface area contributed by atoms with Crippen LogP contribution in [0.3, 0.4) is 0 Å². The van der Waals surface area contributed by atoms with Crippen LogP contribution in [-0.4, -0.2) is 6.04 Å². The van der Waals surface area contributed by atoms with Crippen molar-refractivity contribution in [3.63, 3.8) is 0 Å². The Bertz CT molecular complexity index is 258. The lowest BCUT2D eigenvalue weighted by Crippen LogP contribution is -2.22. The van der Waals surface area contributed by atoms with Gasteiger partial charge in [-0.1, -0.05) is 19.1 Å². The van der Waals surface area contributed by atoms with E-state index in [1.807, 2.05) is 19.9 Å². The average Bonchev–Trinajstić information content (AvgIpc) is 2.03. The Labute approximate surface area is 72.4 Å². The van der Waals surface area contributed by atoms with Gasteiger partial charge in [-0.3, -0.25) is 0 Å². The van der Waals surface area contributed by atoms with Crippen LogP contribution in [0.25, 0.3) is 0 Å². The summed E-state index contributed by atoms with van der Waals surface area (Å²) in [4.78, 5) is 0. The molecule has 1 aromatic carbocycles. The minimum absolute atomic E-state index is 0.0619. The van der Waals surface area contributed by atoms with Crippen molar-refractivity contribution in [3.8, 4) is 0 Å². The smallest absolute Gasteiger partial charge is 0.123 e. The van der Waals surface area contributed by atoms with Crippen molar-refractivity contribution in [1.29, 1.82) is 0 Å². The number of benzene rings is 1. The summed E-state index contributed by atoms with van der Waals surface area (Å²) in [6.07, 6.45) is 0. The minimum Gasteiger partial charge on any atom is -0.327 e. The summed E-state index contributed by atoms with van der Waals surface area (Å²) in [7, 11) is 0. The first kappa shape index (κ1) is 9.20. The van der Waals surface area contributed by atoms with Crippen LogP contribution in [0, 0.1) is 5.82 Å². The first-order valence-electron chi connectivity index (χ1n) is 4.12. The molecule has 0 amide bonds.